The summed E-state index contributed by atoms with van der Waals surface area (Å²) in [5.74, 6) is -1.78. The Labute approximate surface area is 69.2 Å². The molecule has 0 saturated carbocycles. The van der Waals surface area contributed by atoms with E-state index in [9.17, 15) is 9.59 Å². The molecule has 2 N–H and O–H groups in total. The Morgan fingerprint density at radius 3 is 2.50 bits per heavy atom. The van der Waals surface area contributed by atoms with Gasteiger partial charge in [0.05, 0.1) is 18.6 Å². The van der Waals surface area contributed by atoms with Crippen molar-refractivity contribution in [2.45, 2.75) is 25.4 Å². The van der Waals surface area contributed by atoms with Gasteiger partial charge in [0.15, 0.2) is 0 Å². The Hall–Kier alpha value is -1.41. The highest BCUT2D eigenvalue weighted by Gasteiger charge is 2.12. The van der Waals surface area contributed by atoms with Crippen molar-refractivity contribution in [3.63, 3.8) is 0 Å². The first kappa shape index (κ1) is 10.6. The first-order chi connectivity index (χ1) is 5.56. The van der Waals surface area contributed by atoms with Gasteiger partial charge >= 0.3 is 5.97 Å². The summed E-state index contributed by atoms with van der Waals surface area (Å²) >= 11 is 0. The lowest BCUT2D eigenvalue weighted by Gasteiger charge is -2.02. The average Bonchev–Trinajstić information content (AvgIpc) is 1.84. The zero-order valence-corrected chi connectivity index (χ0v) is 6.36. The van der Waals surface area contributed by atoms with Crippen LogP contribution in [0.4, 0.5) is 0 Å². The fourth-order valence-electron chi connectivity index (χ4n) is 0.681. The first-order valence-corrected chi connectivity index (χ1v) is 3.34. The van der Waals surface area contributed by atoms with E-state index in [2.05, 4.69) is 0 Å². The van der Waals surface area contributed by atoms with E-state index in [0.29, 0.717) is 0 Å². The quantitative estimate of drug-likeness (QED) is 0.553. The molecule has 0 aliphatic rings. The van der Waals surface area contributed by atoms with Gasteiger partial charge in [0.25, 0.3) is 0 Å². The molecule has 1 atom stereocenters. The van der Waals surface area contributed by atoms with Crippen molar-refractivity contribution in [2.24, 2.45) is 0 Å². The molecule has 0 aromatic heterocycles. The fourth-order valence-corrected chi connectivity index (χ4v) is 0.681. The van der Waals surface area contributed by atoms with Crippen molar-refractivity contribution >= 4 is 11.8 Å². The minimum atomic E-state index is -1.22. The lowest BCUT2D eigenvalue weighted by Crippen LogP contribution is -2.15. The SMILES string of the molecule is N#CC[C@H](O)CC(=O)CC(=O)O. The predicted octanol–water partition coefficient (Wildman–Crippen LogP) is -0.305. The topological polar surface area (TPSA) is 98.4 Å². The van der Waals surface area contributed by atoms with E-state index in [-0.39, 0.29) is 12.8 Å². The van der Waals surface area contributed by atoms with Crippen LogP contribution in [0.25, 0.3) is 0 Å². The Kier molecular flexibility index (Phi) is 4.65. The fraction of sp³-hybridized carbons (Fsp3) is 0.571. The number of carbonyl (C=O) groups excluding carboxylic acids is 1. The van der Waals surface area contributed by atoms with Gasteiger partial charge in [-0.3, -0.25) is 9.59 Å². The van der Waals surface area contributed by atoms with Crippen LogP contribution >= 0.6 is 0 Å². The van der Waals surface area contributed by atoms with Gasteiger partial charge in [-0.15, -0.1) is 0 Å². The molecule has 0 spiro atoms. The summed E-state index contributed by atoms with van der Waals surface area (Å²) in [6.07, 6.45) is -2.05. The molecule has 0 aliphatic heterocycles. The number of nitrogens with zero attached hydrogens (tertiary/aromatic N) is 1. The van der Waals surface area contributed by atoms with Crippen LogP contribution in [0, 0.1) is 11.3 Å². The minimum Gasteiger partial charge on any atom is -0.481 e. The van der Waals surface area contributed by atoms with E-state index in [4.69, 9.17) is 15.5 Å². The molecule has 0 radical (unpaired) electrons. The van der Waals surface area contributed by atoms with E-state index >= 15 is 0 Å². The summed E-state index contributed by atoms with van der Waals surface area (Å²) in [6, 6.07) is 1.68. The molecular weight excluding hydrogens is 162 g/mol. The van der Waals surface area contributed by atoms with E-state index in [0.717, 1.165) is 0 Å². The lowest BCUT2D eigenvalue weighted by atomic mass is 10.1. The van der Waals surface area contributed by atoms with Crippen molar-refractivity contribution in [1.29, 1.82) is 5.26 Å². The third-order valence-corrected chi connectivity index (χ3v) is 1.14. The number of hydrogen-bond acceptors (Lipinski definition) is 4. The molecule has 0 saturated heterocycles. The van der Waals surface area contributed by atoms with Crippen LogP contribution in [0.2, 0.25) is 0 Å². The number of aliphatic hydroxyl groups is 1. The standard InChI is InChI=1S/C7H9NO4/c8-2-1-5(9)3-6(10)4-7(11)12/h5,9H,1,3-4H2,(H,11,12)/t5-/m0/s1. The number of rotatable bonds is 5. The maximum absolute atomic E-state index is 10.7. The zero-order chi connectivity index (χ0) is 9.56. The Balaban J connectivity index is 3.70. The van der Waals surface area contributed by atoms with Crippen LogP contribution < -0.4 is 0 Å². The molecule has 5 nitrogen and oxygen atoms in total. The molecule has 66 valence electrons. The first-order valence-electron chi connectivity index (χ1n) is 3.34. The van der Waals surface area contributed by atoms with Crippen molar-refractivity contribution in [3.05, 3.63) is 0 Å². The summed E-state index contributed by atoms with van der Waals surface area (Å²) in [5, 5.41) is 25.1. The summed E-state index contributed by atoms with van der Waals surface area (Å²) < 4.78 is 0. The van der Waals surface area contributed by atoms with E-state index < -0.39 is 24.3 Å². The summed E-state index contributed by atoms with van der Waals surface area (Å²) in [5.41, 5.74) is 0. The predicted molar refractivity (Wildman–Crippen MR) is 38.1 cm³/mol. The summed E-state index contributed by atoms with van der Waals surface area (Å²) in [4.78, 5) is 20.7. The molecule has 5 heteroatoms. The van der Waals surface area contributed by atoms with Gasteiger partial charge in [0, 0.05) is 6.42 Å². The molecule has 12 heavy (non-hydrogen) atoms. The number of carboxylic acid groups (broad SMARTS) is 1. The molecule has 0 aromatic rings. The lowest BCUT2D eigenvalue weighted by molar-refractivity contribution is -0.140. The number of hydrogen-bond donors (Lipinski definition) is 2. The smallest absolute Gasteiger partial charge is 0.310 e. The van der Waals surface area contributed by atoms with Gasteiger partial charge in [-0.1, -0.05) is 0 Å². The molecule has 0 amide bonds. The number of Topliss-reactive ketones (excluding diaryl/α,β-unsaturated/α-hetero) is 1. The molecule has 0 unspecified atom stereocenters. The molecule has 0 heterocycles. The highest BCUT2D eigenvalue weighted by Crippen LogP contribution is 1.99. The highest BCUT2D eigenvalue weighted by atomic mass is 16.4. The number of carboxylic acids is 1. The number of ketones is 1. The van der Waals surface area contributed by atoms with Crippen molar-refractivity contribution in [3.8, 4) is 6.07 Å². The molecular formula is C7H9NO4. The van der Waals surface area contributed by atoms with E-state index in [1.165, 1.54) is 0 Å². The van der Waals surface area contributed by atoms with Crippen LogP contribution in [-0.2, 0) is 9.59 Å². The highest BCUT2D eigenvalue weighted by molar-refractivity contribution is 5.94. The number of nitriles is 1. The Bertz CT molecular complexity index is 218. The molecule has 0 fully saturated rings. The second-order valence-corrected chi connectivity index (χ2v) is 2.33. The van der Waals surface area contributed by atoms with Gasteiger partial charge in [-0.05, 0) is 0 Å². The van der Waals surface area contributed by atoms with Crippen LogP contribution in [-0.4, -0.2) is 28.1 Å². The molecule has 0 rings (SSSR count). The largest absolute Gasteiger partial charge is 0.481 e. The number of aliphatic hydroxyl groups excluding tert-OH is 1. The zero-order valence-electron chi connectivity index (χ0n) is 6.36. The van der Waals surface area contributed by atoms with Crippen LogP contribution in [0.15, 0.2) is 0 Å². The number of carbonyl (C=O) groups is 2. The second-order valence-electron chi connectivity index (χ2n) is 2.33. The van der Waals surface area contributed by atoms with E-state index in [1.807, 2.05) is 0 Å². The minimum absolute atomic E-state index is 0.147. The maximum atomic E-state index is 10.7. The van der Waals surface area contributed by atoms with Crippen molar-refractivity contribution in [2.75, 3.05) is 0 Å². The Morgan fingerprint density at radius 1 is 1.50 bits per heavy atom. The average molecular weight is 171 g/mol. The van der Waals surface area contributed by atoms with Crippen LogP contribution in [0.5, 0.6) is 0 Å². The maximum Gasteiger partial charge on any atom is 0.310 e. The normalized spacial score (nSPS) is 11.7. The van der Waals surface area contributed by atoms with Gasteiger partial charge < -0.3 is 10.2 Å². The third-order valence-electron chi connectivity index (χ3n) is 1.14. The van der Waals surface area contributed by atoms with Crippen molar-refractivity contribution in [1.82, 2.24) is 0 Å². The van der Waals surface area contributed by atoms with Gasteiger partial charge in [0.2, 0.25) is 0 Å². The van der Waals surface area contributed by atoms with Crippen LogP contribution in [0.1, 0.15) is 19.3 Å². The molecule has 0 aliphatic carbocycles. The number of aliphatic carboxylic acids is 1. The van der Waals surface area contributed by atoms with Gasteiger partial charge in [-0.25, -0.2) is 0 Å². The third kappa shape index (κ3) is 5.38. The molecule has 0 bridgehead atoms. The Morgan fingerprint density at radius 2 is 2.08 bits per heavy atom. The van der Waals surface area contributed by atoms with Gasteiger partial charge in [0.1, 0.15) is 12.2 Å². The van der Waals surface area contributed by atoms with Gasteiger partial charge in [-0.2, -0.15) is 5.26 Å². The summed E-state index contributed by atoms with van der Waals surface area (Å²) in [6.45, 7) is 0. The van der Waals surface area contributed by atoms with Crippen molar-refractivity contribution < 1.29 is 19.8 Å². The monoisotopic (exact) mass is 171 g/mol. The van der Waals surface area contributed by atoms with E-state index in [1.54, 1.807) is 6.07 Å². The molecule has 0 aromatic carbocycles. The van der Waals surface area contributed by atoms with Crippen LogP contribution in [0.3, 0.4) is 0 Å². The summed E-state index contributed by atoms with van der Waals surface area (Å²) in [7, 11) is 0. The second kappa shape index (κ2) is 5.27.